The van der Waals surface area contributed by atoms with Crippen LogP contribution in [0.3, 0.4) is 0 Å². The first-order valence-corrected chi connectivity index (χ1v) is 10.8. The SMILES string of the molecule is COc1c(Cl)cc(C)cc1/C(O)=C1\C(=O)C(=O)N(c2ccc(OC(F)(F)F)cc2)C1c1ccncc1. The molecule has 3 aromatic rings. The number of carbonyl (C=O) groups is 2. The van der Waals surface area contributed by atoms with Gasteiger partial charge in [0.2, 0.25) is 0 Å². The molecule has 1 aromatic heterocycles. The summed E-state index contributed by atoms with van der Waals surface area (Å²) in [5, 5.41) is 11.5. The lowest BCUT2D eigenvalue weighted by Gasteiger charge is -2.25. The summed E-state index contributed by atoms with van der Waals surface area (Å²) in [5.74, 6) is -2.89. The Morgan fingerprint density at radius 2 is 1.72 bits per heavy atom. The molecule has 1 fully saturated rings. The zero-order chi connectivity index (χ0) is 26.2. The quantitative estimate of drug-likeness (QED) is 0.269. The van der Waals surface area contributed by atoms with Gasteiger partial charge in [0, 0.05) is 18.1 Å². The van der Waals surface area contributed by atoms with Gasteiger partial charge >= 0.3 is 6.36 Å². The van der Waals surface area contributed by atoms with Crippen molar-refractivity contribution < 1.29 is 37.3 Å². The number of nitrogens with zero attached hydrogens (tertiary/aromatic N) is 2. The van der Waals surface area contributed by atoms with Crippen molar-refractivity contribution in [3.05, 3.63) is 88.2 Å². The number of amides is 1. The lowest BCUT2D eigenvalue weighted by atomic mass is 9.95. The van der Waals surface area contributed by atoms with Gasteiger partial charge in [0.25, 0.3) is 11.7 Å². The highest BCUT2D eigenvalue weighted by Gasteiger charge is 2.47. The third kappa shape index (κ3) is 4.72. The molecule has 1 saturated heterocycles. The van der Waals surface area contributed by atoms with Gasteiger partial charge in [-0.25, -0.2) is 0 Å². The maximum Gasteiger partial charge on any atom is 0.573 e. The molecule has 11 heteroatoms. The average Bonchev–Trinajstić information content (AvgIpc) is 3.09. The van der Waals surface area contributed by atoms with Crippen LogP contribution in [0.5, 0.6) is 11.5 Å². The third-order valence-corrected chi connectivity index (χ3v) is 5.74. The second-order valence-electron chi connectivity index (χ2n) is 7.82. The highest BCUT2D eigenvalue weighted by atomic mass is 35.5. The molecule has 1 aliphatic heterocycles. The van der Waals surface area contributed by atoms with Crippen LogP contribution in [0.15, 0.2) is 66.5 Å². The maximum atomic E-state index is 13.2. The molecule has 186 valence electrons. The van der Waals surface area contributed by atoms with Crippen LogP contribution in [-0.2, 0) is 9.59 Å². The Bertz CT molecular complexity index is 1360. The Kier molecular flexibility index (Phi) is 6.64. The molecule has 2 heterocycles. The zero-order valence-electron chi connectivity index (χ0n) is 18.8. The molecule has 36 heavy (non-hydrogen) atoms. The van der Waals surface area contributed by atoms with Crippen molar-refractivity contribution in [2.75, 3.05) is 12.0 Å². The largest absolute Gasteiger partial charge is 0.573 e. The molecule has 0 bridgehead atoms. The number of ether oxygens (including phenoxy) is 2. The van der Waals surface area contributed by atoms with Crippen molar-refractivity contribution in [1.29, 1.82) is 0 Å². The van der Waals surface area contributed by atoms with E-state index in [9.17, 15) is 27.9 Å². The van der Waals surface area contributed by atoms with E-state index >= 15 is 0 Å². The Hall–Kier alpha value is -4.05. The number of halogens is 4. The highest BCUT2D eigenvalue weighted by Crippen LogP contribution is 2.44. The molecular formula is C25H18ClF3N2O5. The predicted molar refractivity (Wildman–Crippen MR) is 125 cm³/mol. The fraction of sp³-hybridized carbons (Fsp3) is 0.160. The van der Waals surface area contributed by atoms with Gasteiger partial charge in [-0.05, 0) is 66.6 Å². The molecule has 0 radical (unpaired) electrons. The number of hydrogen-bond donors (Lipinski definition) is 1. The second kappa shape index (κ2) is 9.54. The summed E-state index contributed by atoms with van der Waals surface area (Å²) in [6.45, 7) is 1.73. The summed E-state index contributed by atoms with van der Waals surface area (Å²) < 4.78 is 46.9. The van der Waals surface area contributed by atoms with Crippen LogP contribution in [0.4, 0.5) is 18.9 Å². The number of Topliss-reactive ketones (excluding diaryl/α,β-unsaturated/α-hetero) is 1. The highest BCUT2D eigenvalue weighted by molar-refractivity contribution is 6.51. The first-order valence-electron chi connectivity index (χ1n) is 10.4. The molecule has 1 unspecified atom stereocenters. The molecule has 4 rings (SSSR count). The Morgan fingerprint density at radius 1 is 1.08 bits per heavy atom. The topological polar surface area (TPSA) is 89.0 Å². The average molecular weight is 519 g/mol. The fourth-order valence-corrected chi connectivity index (χ4v) is 4.38. The van der Waals surface area contributed by atoms with Crippen LogP contribution in [0.2, 0.25) is 5.02 Å². The van der Waals surface area contributed by atoms with Gasteiger partial charge < -0.3 is 14.6 Å². The molecule has 1 atom stereocenters. The van der Waals surface area contributed by atoms with Crippen LogP contribution in [-0.4, -0.2) is 35.3 Å². The minimum absolute atomic E-state index is 0.105. The first kappa shape index (κ1) is 25.1. The molecule has 1 aliphatic rings. The van der Waals surface area contributed by atoms with Crippen LogP contribution in [0, 0.1) is 6.92 Å². The van der Waals surface area contributed by atoms with E-state index in [1.54, 1.807) is 31.2 Å². The summed E-state index contributed by atoms with van der Waals surface area (Å²) in [6, 6.07) is 9.63. The molecule has 0 saturated carbocycles. The first-order chi connectivity index (χ1) is 17.0. The van der Waals surface area contributed by atoms with Gasteiger partial charge in [-0.15, -0.1) is 13.2 Å². The van der Waals surface area contributed by atoms with Gasteiger partial charge in [-0.1, -0.05) is 11.6 Å². The van der Waals surface area contributed by atoms with E-state index in [0.717, 1.165) is 17.0 Å². The lowest BCUT2D eigenvalue weighted by molar-refractivity contribution is -0.274. The van der Waals surface area contributed by atoms with Crippen LogP contribution in [0.25, 0.3) is 5.76 Å². The summed E-state index contributed by atoms with van der Waals surface area (Å²) in [5.41, 5.74) is 1.06. The number of anilines is 1. The van der Waals surface area contributed by atoms with E-state index in [0.29, 0.717) is 11.1 Å². The fourth-order valence-electron chi connectivity index (χ4n) is 4.03. The number of ketones is 1. The monoisotopic (exact) mass is 518 g/mol. The van der Waals surface area contributed by atoms with Gasteiger partial charge in [0.15, 0.2) is 0 Å². The van der Waals surface area contributed by atoms with E-state index in [-0.39, 0.29) is 27.6 Å². The number of hydrogen-bond acceptors (Lipinski definition) is 6. The van der Waals surface area contributed by atoms with Gasteiger partial charge in [-0.2, -0.15) is 0 Å². The van der Waals surface area contributed by atoms with E-state index in [1.165, 1.54) is 31.6 Å². The third-order valence-electron chi connectivity index (χ3n) is 5.46. The number of methoxy groups -OCH3 is 1. The van der Waals surface area contributed by atoms with Gasteiger partial charge in [-0.3, -0.25) is 19.5 Å². The maximum absolute atomic E-state index is 13.2. The van der Waals surface area contributed by atoms with Crippen molar-refractivity contribution in [1.82, 2.24) is 4.98 Å². The van der Waals surface area contributed by atoms with Gasteiger partial charge in [0.1, 0.15) is 17.3 Å². The van der Waals surface area contributed by atoms with Gasteiger partial charge in [0.05, 0.1) is 29.3 Å². The van der Waals surface area contributed by atoms with Crippen molar-refractivity contribution in [3.63, 3.8) is 0 Å². The van der Waals surface area contributed by atoms with Crippen molar-refractivity contribution in [2.24, 2.45) is 0 Å². The summed E-state index contributed by atoms with van der Waals surface area (Å²) >= 11 is 6.27. The second-order valence-corrected chi connectivity index (χ2v) is 8.23. The standard InChI is InChI=1S/C25H18ClF3N2O5/c1-13-11-17(23(35-2)18(26)12-13)21(32)19-20(14-7-9-30-10-8-14)31(24(34)22(19)33)15-3-5-16(6-4-15)36-25(27,28)29/h3-12,20,32H,1-2H3/b21-19+. The van der Waals surface area contributed by atoms with E-state index in [1.807, 2.05) is 0 Å². The van der Waals surface area contributed by atoms with E-state index in [2.05, 4.69) is 9.72 Å². The van der Waals surface area contributed by atoms with E-state index in [4.69, 9.17) is 16.3 Å². The molecule has 1 N–H and O–H groups in total. The van der Waals surface area contributed by atoms with E-state index < -0.39 is 35.6 Å². The Labute approximate surface area is 208 Å². The molecule has 7 nitrogen and oxygen atoms in total. The van der Waals surface area contributed by atoms with Crippen LogP contribution in [0.1, 0.15) is 22.7 Å². The lowest BCUT2D eigenvalue weighted by Crippen LogP contribution is -2.29. The number of aryl methyl sites for hydroxylation is 1. The number of alkyl halides is 3. The predicted octanol–water partition coefficient (Wildman–Crippen LogP) is 5.58. The van der Waals surface area contributed by atoms with Crippen molar-refractivity contribution >= 4 is 34.7 Å². The minimum Gasteiger partial charge on any atom is -0.507 e. The Morgan fingerprint density at radius 3 is 2.31 bits per heavy atom. The number of aliphatic hydroxyl groups is 1. The summed E-state index contributed by atoms with van der Waals surface area (Å²) in [7, 11) is 1.34. The zero-order valence-corrected chi connectivity index (χ0v) is 19.6. The molecule has 0 aliphatic carbocycles. The molecule has 1 amide bonds. The number of benzene rings is 2. The number of pyridine rings is 1. The number of aliphatic hydroxyl groups excluding tert-OH is 1. The van der Waals surface area contributed by atoms with Crippen molar-refractivity contribution in [2.45, 2.75) is 19.3 Å². The van der Waals surface area contributed by atoms with Crippen LogP contribution < -0.4 is 14.4 Å². The number of aromatic nitrogens is 1. The summed E-state index contributed by atoms with van der Waals surface area (Å²) in [6.07, 6.45) is -2.00. The molecular weight excluding hydrogens is 501 g/mol. The smallest absolute Gasteiger partial charge is 0.507 e. The number of carbonyl (C=O) groups excluding carboxylic acids is 2. The molecule has 0 spiro atoms. The van der Waals surface area contributed by atoms with Crippen molar-refractivity contribution in [3.8, 4) is 11.5 Å². The number of rotatable bonds is 5. The van der Waals surface area contributed by atoms with Crippen LogP contribution >= 0.6 is 11.6 Å². The molecule has 2 aromatic carbocycles. The summed E-state index contributed by atoms with van der Waals surface area (Å²) in [4.78, 5) is 31.5. The minimum atomic E-state index is -4.89. The normalized spacial score (nSPS) is 17.4. The Balaban J connectivity index is 1.90.